The SMILES string of the molecule is CNc1nc(C)cc(N(C)C(C)CC(C)C)n1. The second kappa shape index (κ2) is 5.84. The Bertz CT molecular complexity index is 362. The highest BCUT2D eigenvalue weighted by Gasteiger charge is 2.14. The van der Waals surface area contributed by atoms with Crippen LogP contribution in [0.3, 0.4) is 0 Å². The van der Waals surface area contributed by atoms with Gasteiger partial charge in [0.2, 0.25) is 5.95 Å². The molecular weight excluding hydrogens is 212 g/mol. The number of aryl methyl sites for hydroxylation is 1. The Kier molecular flexibility index (Phi) is 4.73. The number of hydrogen-bond donors (Lipinski definition) is 1. The number of nitrogens with zero attached hydrogens (tertiary/aromatic N) is 3. The van der Waals surface area contributed by atoms with Gasteiger partial charge >= 0.3 is 0 Å². The molecule has 17 heavy (non-hydrogen) atoms. The minimum absolute atomic E-state index is 0.481. The molecule has 0 amide bonds. The molecular formula is C13H24N4. The van der Waals surface area contributed by atoms with Gasteiger partial charge in [-0.3, -0.25) is 0 Å². The average Bonchev–Trinajstić information content (AvgIpc) is 2.26. The van der Waals surface area contributed by atoms with Crippen LogP contribution < -0.4 is 10.2 Å². The van der Waals surface area contributed by atoms with Gasteiger partial charge in [-0.05, 0) is 26.2 Å². The molecule has 1 heterocycles. The summed E-state index contributed by atoms with van der Waals surface area (Å²) in [5, 5.41) is 2.99. The quantitative estimate of drug-likeness (QED) is 0.853. The highest BCUT2D eigenvalue weighted by atomic mass is 15.2. The summed E-state index contributed by atoms with van der Waals surface area (Å²) in [6.45, 7) is 8.71. The van der Waals surface area contributed by atoms with E-state index >= 15 is 0 Å². The van der Waals surface area contributed by atoms with E-state index in [1.165, 1.54) is 0 Å². The zero-order chi connectivity index (χ0) is 13.0. The van der Waals surface area contributed by atoms with Crippen LogP contribution in [-0.2, 0) is 0 Å². The van der Waals surface area contributed by atoms with Crippen LogP contribution >= 0.6 is 0 Å². The lowest BCUT2D eigenvalue weighted by atomic mass is 10.0. The summed E-state index contributed by atoms with van der Waals surface area (Å²) in [6, 6.07) is 2.51. The standard InChI is InChI=1S/C13H24N4/c1-9(2)7-11(4)17(6)12-8-10(3)15-13(14-5)16-12/h8-9,11H,7H2,1-6H3,(H,14,15,16). The molecule has 4 heteroatoms. The zero-order valence-electron chi connectivity index (χ0n) is 11.8. The first-order valence-electron chi connectivity index (χ1n) is 6.20. The van der Waals surface area contributed by atoms with Crippen molar-refractivity contribution in [3.8, 4) is 0 Å². The molecule has 0 aliphatic rings. The van der Waals surface area contributed by atoms with Gasteiger partial charge in [-0.2, -0.15) is 4.98 Å². The Balaban J connectivity index is 2.87. The largest absolute Gasteiger partial charge is 0.357 e. The number of rotatable bonds is 5. The predicted octanol–water partition coefficient (Wildman–Crippen LogP) is 2.70. The van der Waals surface area contributed by atoms with Crippen molar-refractivity contribution in [3.05, 3.63) is 11.8 Å². The van der Waals surface area contributed by atoms with E-state index in [9.17, 15) is 0 Å². The lowest BCUT2D eigenvalue weighted by Gasteiger charge is -2.27. The van der Waals surface area contributed by atoms with Crippen LogP contribution in [0.2, 0.25) is 0 Å². The molecule has 96 valence electrons. The van der Waals surface area contributed by atoms with Crippen LogP contribution in [0.4, 0.5) is 11.8 Å². The van der Waals surface area contributed by atoms with Gasteiger partial charge < -0.3 is 10.2 Å². The van der Waals surface area contributed by atoms with Crippen LogP contribution in [0, 0.1) is 12.8 Å². The third kappa shape index (κ3) is 3.88. The molecule has 1 aromatic heterocycles. The van der Waals surface area contributed by atoms with Crippen LogP contribution in [0.15, 0.2) is 6.07 Å². The molecule has 1 aromatic rings. The van der Waals surface area contributed by atoms with E-state index in [-0.39, 0.29) is 0 Å². The molecule has 0 saturated carbocycles. The lowest BCUT2D eigenvalue weighted by Crippen LogP contribution is -2.31. The number of hydrogen-bond acceptors (Lipinski definition) is 4. The molecule has 4 nitrogen and oxygen atoms in total. The summed E-state index contributed by atoms with van der Waals surface area (Å²) in [5.41, 5.74) is 0.989. The summed E-state index contributed by atoms with van der Waals surface area (Å²) in [5.74, 6) is 2.36. The van der Waals surface area contributed by atoms with Crippen molar-refractivity contribution in [1.29, 1.82) is 0 Å². The van der Waals surface area contributed by atoms with Gasteiger partial charge in [0.25, 0.3) is 0 Å². The third-order valence-corrected chi connectivity index (χ3v) is 2.90. The van der Waals surface area contributed by atoms with Crippen LogP contribution in [0.5, 0.6) is 0 Å². The van der Waals surface area contributed by atoms with Gasteiger partial charge in [0.1, 0.15) is 5.82 Å². The second-order valence-corrected chi connectivity index (χ2v) is 5.03. The average molecular weight is 236 g/mol. The van der Waals surface area contributed by atoms with E-state index in [0.717, 1.165) is 17.9 Å². The summed E-state index contributed by atoms with van der Waals surface area (Å²) < 4.78 is 0. The molecule has 1 N–H and O–H groups in total. The monoisotopic (exact) mass is 236 g/mol. The van der Waals surface area contributed by atoms with Crippen molar-refractivity contribution >= 4 is 11.8 Å². The minimum atomic E-state index is 0.481. The summed E-state index contributed by atoms with van der Waals surface area (Å²) in [7, 11) is 3.93. The number of anilines is 2. The Morgan fingerprint density at radius 1 is 1.29 bits per heavy atom. The van der Waals surface area contributed by atoms with E-state index < -0.39 is 0 Å². The van der Waals surface area contributed by atoms with Crippen molar-refractivity contribution in [3.63, 3.8) is 0 Å². The fourth-order valence-corrected chi connectivity index (χ4v) is 1.91. The van der Waals surface area contributed by atoms with Crippen molar-refractivity contribution < 1.29 is 0 Å². The Labute approximate surface area is 104 Å². The third-order valence-electron chi connectivity index (χ3n) is 2.90. The second-order valence-electron chi connectivity index (χ2n) is 5.03. The van der Waals surface area contributed by atoms with Gasteiger partial charge in [0.05, 0.1) is 0 Å². The lowest BCUT2D eigenvalue weighted by molar-refractivity contribution is 0.502. The molecule has 1 atom stereocenters. The van der Waals surface area contributed by atoms with Crippen molar-refractivity contribution in [2.24, 2.45) is 5.92 Å². The fraction of sp³-hybridized carbons (Fsp3) is 0.692. The smallest absolute Gasteiger partial charge is 0.224 e. The molecule has 1 unspecified atom stereocenters. The first-order chi connectivity index (χ1) is 7.93. The molecule has 0 saturated heterocycles. The Morgan fingerprint density at radius 2 is 1.94 bits per heavy atom. The Hall–Kier alpha value is -1.32. The maximum Gasteiger partial charge on any atom is 0.224 e. The summed E-state index contributed by atoms with van der Waals surface area (Å²) in [4.78, 5) is 11.0. The molecule has 0 aromatic carbocycles. The maximum atomic E-state index is 4.48. The van der Waals surface area contributed by atoms with E-state index in [1.807, 2.05) is 20.0 Å². The molecule has 0 aliphatic heterocycles. The molecule has 0 fully saturated rings. The van der Waals surface area contributed by atoms with Gasteiger partial charge in [0.15, 0.2) is 0 Å². The van der Waals surface area contributed by atoms with Gasteiger partial charge in [-0.1, -0.05) is 13.8 Å². The van der Waals surface area contributed by atoms with Crippen molar-refractivity contribution in [2.45, 2.75) is 40.2 Å². The number of nitrogens with one attached hydrogen (secondary N) is 1. The van der Waals surface area contributed by atoms with Gasteiger partial charge in [-0.15, -0.1) is 0 Å². The van der Waals surface area contributed by atoms with Gasteiger partial charge in [-0.25, -0.2) is 4.98 Å². The predicted molar refractivity (Wildman–Crippen MR) is 73.6 cm³/mol. The van der Waals surface area contributed by atoms with Gasteiger partial charge in [0, 0.05) is 31.9 Å². The first-order valence-corrected chi connectivity index (χ1v) is 6.20. The van der Waals surface area contributed by atoms with Crippen molar-refractivity contribution in [1.82, 2.24) is 9.97 Å². The molecule has 1 rings (SSSR count). The van der Waals surface area contributed by atoms with E-state index in [0.29, 0.717) is 17.9 Å². The fourth-order valence-electron chi connectivity index (χ4n) is 1.91. The zero-order valence-corrected chi connectivity index (χ0v) is 11.8. The highest BCUT2D eigenvalue weighted by Crippen LogP contribution is 2.18. The van der Waals surface area contributed by atoms with E-state index in [1.54, 1.807) is 0 Å². The maximum absolute atomic E-state index is 4.48. The highest BCUT2D eigenvalue weighted by molar-refractivity contribution is 5.44. The summed E-state index contributed by atoms with van der Waals surface area (Å²) >= 11 is 0. The molecule has 0 radical (unpaired) electrons. The first kappa shape index (κ1) is 13.7. The summed E-state index contributed by atoms with van der Waals surface area (Å²) in [6.07, 6.45) is 1.16. The normalized spacial score (nSPS) is 12.6. The van der Waals surface area contributed by atoms with Crippen LogP contribution in [0.1, 0.15) is 32.9 Å². The number of aromatic nitrogens is 2. The van der Waals surface area contributed by atoms with Crippen molar-refractivity contribution in [2.75, 3.05) is 24.3 Å². The molecule has 0 spiro atoms. The minimum Gasteiger partial charge on any atom is -0.357 e. The molecule has 0 aliphatic carbocycles. The topological polar surface area (TPSA) is 41.1 Å². The molecule has 0 bridgehead atoms. The Morgan fingerprint density at radius 3 is 2.47 bits per heavy atom. The van der Waals surface area contributed by atoms with Crippen LogP contribution in [-0.4, -0.2) is 30.1 Å². The van der Waals surface area contributed by atoms with E-state index in [2.05, 4.69) is 48.0 Å². The van der Waals surface area contributed by atoms with E-state index in [4.69, 9.17) is 0 Å². The van der Waals surface area contributed by atoms with Crippen LogP contribution in [0.25, 0.3) is 0 Å².